The van der Waals surface area contributed by atoms with E-state index in [1.54, 1.807) is 18.2 Å². The topological polar surface area (TPSA) is 99.1 Å². The maximum absolute atomic E-state index is 10.8. The van der Waals surface area contributed by atoms with Gasteiger partial charge in [0.2, 0.25) is 0 Å². The third-order valence-electron chi connectivity index (χ3n) is 2.27. The molecule has 0 saturated carbocycles. The van der Waals surface area contributed by atoms with Crippen molar-refractivity contribution in [1.29, 1.82) is 0 Å². The second kappa shape index (κ2) is 7.88. The van der Waals surface area contributed by atoms with Gasteiger partial charge in [0.25, 0.3) is 0 Å². The zero-order valence-electron chi connectivity index (χ0n) is 11.8. The Balaban J connectivity index is 2.86. The van der Waals surface area contributed by atoms with Crippen molar-refractivity contribution in [2.24, 2.45) is 0 Å². The number of benzene rings is 1. The molecule has 0 spiro atoms. The standard InChI is InChI=1S/C14H16O7/c1-9(15)19-6-11-3-12(7-20-10(2)16)5-13(4-11)21-8-14(17)18/h3-5H,6-8H2,1-2H3,(H,17,18). The quantitative estimate of drug-likeness (QED) is 0.756. The molecule has 0 unspecified atom stereocenters. The molecule has 0 aliphatic heterocycles. The Morgan fingerprint density at radius 3 is 1.81 bits per heavy atom. The summed E-state index contributed by atoms with van der Waals surface area (Å²) in [5.41, 5.74) is 1.21. The van der Waals surface area contributed by atoms with Crippen LogP contribution in [-0.4, -0.2) is 29.6 Å². The van der Waals surface area contributed by atoms with Crippen LogP contribution < -0.4 is 4.74 Å². The van der Waals surface area contributed by atoms with Gasteiger partial charge in [-0.2, -0.15) is 0 Å². The molecule has 7 nitrogen and oxygen atoms in total. The van der Waals surface area contributed by atoms with Crippen LogP contribution in [0.4, 0.5) is 0 Å². The second-order valence-corrected chi connectivity index (χ2v) is 4.23. The molecule has 0 fully saturated rings. The van der Waals surface area contributed by atoms with Gasteiger partial charge in [0, 0.05) is 13.8 Å². The molecule has 0 bridgehead atoms. The van der Waals surface area contributed by atoms with E-state index in [-0.39, 0.29) is 13.2 Å². The fourth-order valence-corrected chi connectivity index (χ4v) is 1.49. The first kappa shape index (κ1) is 16.5. The number of ether oxygens (including phenoxy) is 3. The molecule has 0 saturated heterocycles. The molecule has 0 aromatic heterocycles. The third kappa shape index (κ3) is 6.95. The van der Waals surface area contributed by atoms with E-state index in [9.17, 15) is 14.4 Å². The average molecular weight is 296 g/mol. The molecule has 7 heteroatoms. The molecular formula is C14H16O7. The van der Waals surface area contributed by atoms with Crippen LogP contribution in [-0.2, 0) is 37.1 Å². The molecule has 0 aliphatic carbocycles. The number of carbonyl (C=O) groups is 3. The minimum absolute atomic E-state index is 0.0205. The summed E-state index contributed by atoms with van der Waals surface area (Å²) in [5.74, 6) is -1.69. The largest absolute Gasteiger partial charge is 0.482 e. The van der Waals surface area contributed by atoms with Gasteiger partial charge in [0.15, 0.2) is 6.61 Å². The van der Waals surface area contributed by atoms with Gasteiger partial charge in [-0.1, -0.05) is 0 Å². The molecule has 0 aliphatic rings. The zero-order valence-corrected chi connectivity index (χ0v) is 11.8. The lowest BCUT2D eigenvalue weighted by molar-refractivity contribution is -0.142. The van der Waals surface area contributed by atoms with Crippen molar-refractivity contribution >= 4 is 17.9 Å². The lowest BCUT2D eigenvalue weighted by atomic mass is 10.1. The van der Waals surface area contributed by atoms with E-state index in [1.807, 2.05) is 0 Å². The predicted molar refractivity (Wildman–Crippen MR) is 70.5 cm³/mol. The van der Waals surface area contributed by atoms with E-state index in [4.69, 9.17) is 19.3 Å². The van der Waals surface area contributed by atoms with Crippen LogP contribution in [0.1, 0.15) is 25.0 Å². The van der Waals surface area contributed by atoms with Crippen molar-refractivity contribution in [1.82, 2.24) is 0 Å². The van der Waals surface area contributed by atoms with Crippen LogP contribution in [0.25, 0.3) is 0 Å². The number of hydrogen-bond acceptors (Lipinski definition) is 6. The van der Waals surface area contributed by atoms with E-state index in [1.165, 1.54) is 13.8 Å². The molecule has 1 aromatic rings. The smallest absolute Gasteiger partial charge is 0.341 e. The van der Waals surface area contributed by atoms with Crippen molar-refractivity contribution in [3.63, 3.8) is 0 Å². The third-order valence-corrected chi connectivity index (χ3v) is 2.27. The van der Waals surface area contributed by atoms with Gasteiger partial charge >= 0.3 is 17.9 Å². The first-order valence-corrected chi connectivity index (χ1v) is 6.11. The Labute approximate surface area is 121 Å². The normalized spacial score (nSPS) is 9.81. The highest BCUT2D eigenvalue weighted by Crippen LogP contribution is 2.19. The maximum atomic E-state index is 10.8. The summed E-state index contributed by atoms with van der Waals surface area (Å²) in [5, 5.41) is 8.60. The summed E-state index contributed by atoms with van der Waals surface area (Å²) in [4.78, 5) is 32.1. The summed E-state index contributed by atoms with van der Waals surface area (Å²) >= 11 is 0. The van der Waals surface area contributed by atoms with Crippen molar-refractivity contribution in [2.75, 3.05) is 6.61 Å². The van der Waals surface area contributed by atoms with Crippen LogP contribution in [0.2, 0.25) is 0 Å². The number of carboxylic acid groups (broad SMARTS) is 1. The number of carboxylic acids is 1. The summed E-state index contributed by atoms with van der Waals surface area (Å²) in [6.45, 7) is 2.11. The van der Waals surface area contributed by atoms with Crippen molar-refractivity contribution < 1.29 is 33.7 Å². The van der Waals surface area contributed by atoms with Crippen LogP contribution in [0, 0.1) is 0 Å². The van der Waals surface area contributed by atoms with E-state index in [2.05, 4.69) is 0 Å². The highest BCUT2D eigenvalue weighted by molar-refractivity contribution is 5.68. The zero-order chi connectivity index (χ0) is 15.8. The van der Waals surface area contributed by atoms with E-state index >= 15 is 0 Å². The minimum Gasteiger partial charge on any atom is -0.482 e. The second-order valence-electron chi connectivity index (χ2n) is 4.23. The molecule has 21 heavy (non-hydrogen) atoms. The van der Waals surface area contributed by atoms with E-state index in [0.717, 1.165) is 0 Å². The first-order valence-electron chi connectivity index (χ1n) is 6.11. The average Bonchev–Trinajstić information content (AvgIpc) is 2.40. The Hall–Kier alpha value is -2.57. The van der Waals surface area contributed by atoms with Gasteiger partial charge < -0.3 is 19.3 Å². The molecule has 0 heterocycles. The van der Waals surface area contributed by atoms with Crippen LogP contribution in [0.3, 0.4) is 0 Å². The van der Waals surface area contributed by atoms with Crippen molar-refractivity contribution in [3.8, 4) is 5.75 Å². The fraction of sp³-hybridized carbons (Fsp3) is 0.357. The van der Waals surface area contributed by atoms with Crippen molar-refractivity contribution in [3.05, 3.63) is 29.3 Å². The molecule has 0 atom stereocenters. The maximum Gasteiger partial charge on any atom is 0.341 e. The van der Waals surface area contributed by atoms with Crippen LogP contribution in [0.15, 0.2) is 18.2 Å². The number of aliphatic carboxylic acids is 1. The number of esters is 2. The molecule has 114 valence electrons. The van der Waals surface area contributed by atoms with Gasteiger partial charge in [-0.15, -0.1) is 0 Å². The van der Waals surface area contributed by atoms with Gasteiger partial charge in [-0.25, -0.2) is 4.79 Å². The molecule has 1 N–H and O–H groups in total. The van der Waals surface area contributed by atoms with E-state index in [0.29, 0.717) is 16.9 Å². The first-order chi connectivity index (χ1) is 9.86. The number of hydrogen-bond donors (Lipinski definition) is 1. The molecular weight excluding hydrogens is 280 g/mol. The highest BCUT2D eigenvalue weighted by atomic mass is 16.5. The lowest BCUT2D eigenvalue weighted by Gasteiger charge is -2.10. The van der Waals surface area contributed by atoms with Crippen LogP contribution >= 0.6 is 0 Å². The highest BCUT2D eigenvalue weighted by Gasteiger charge is 2.07. The van der Waals surface area contributed by atoms with Gasteiger partial charge in [-0.3, -0.25) is 9.59 Å². The predicted octanol–water partition coefficient (Wildman–Crippen LogP) is 1.28. The SMILES string of the molecule is CC(=O)OCc1cc(COC(C)=O)cc(OCC(=O)O)c1. The van der Waals surface area contributed by atoms with Gasteiger partial charge in [-0.05, 0) is 29.3 Å². The summed E-state index contributed by atoms with van der Waals surface area (Å²) in [7, 11) is 0. The Kier molecular flexibility index (Phi) is 6.19. The minimum atomic E-state index is -1.11. The monoisotopic (exact) mass is 296 g/mol. The summed E-state index contributed by atoms with van der Waals surface area (Å²) < 4.78 is 14.8. The van der Waals surface area contributed by atoms with Gasteiger partial charge in [0.05, 0.1) is 0 Å². The van der Waals surface area contributed by atoms with Crippen LogP contribution in [0.5, 0.6) is 5.75 Å². The molecule has 1 aromatic carbocycles. The fourth-order valence-electron chi connectivity index (χ4n) is 1.49. The van der Waals surface area contributed by atoms with Crippen molar-refractivity contribution in [2.45, 2.75) is 27.1 Å². The molecule has 1 rings (SSSR count). The Bertz CT molecular complexity index is 448. The Morgan fingerprint density at radius 2 is 1.43 bits per heavy atom. The molecule has 0 amide bonds. The van der Waals surface area contributed by atoms with Gasteiger partial charge in [0.1, 0.15) is 19.0 Å². The number of rotatable bonds is 7. The van der Waals surface area contributed by atoms with E-state index < -0.39 is 24.5 Å². The summed E-state index contributed by atoms with van der Waals surface area (Å²) in [6, 6.07) is 4.80. The lowest BCUT2D eigenvalue weighted by Crippen LogP contribution is -2.10. The Morgan fingerprint density at radius 1 is 0.952 bits per heavy atom. The molecule has 0 radical (unpaired) electrons. The number of carbonyl (C=O) groups excluding carboxylic acids is 2. The summed E-state index contributed by atoms with van der Waals surface area (Å²) in [6.07, 6.45) is 0.